The predicted molar refractivity (Wildman–Crippen MR) is 79.4 cm³/mol. The first-order chi connectivity index (χ1) is 9.31. The molecule has 1 aromatic carbocycles. The van der Waals surface area contributed by atoms with E-state index >= 15 is 0 Å². The first-order valence-corrected chi connectivity index (χ1v) is 8.53. The van der Waals surface area contributed by atoms with E-state index in [9.17, 15) is 12.8 Å². The largest absolute Gasteiger partial charge is 0.399 e. The van der Waals surface area contributed by atoms with E-state index in [1.165, 1.54) is 6.07 Å². The van der Waals surface area contributed by atoms with Crippen LogP contribution in [0.5, 0.6) is 0 Å². The quantitative estimate of drug-likeness (QED) is 0.793. The number of nitrogens with two attached hydrogens (primary N) is 1. The van der Waals surface area contributed by atoms with Crippen molar-refractivity contribution >= 4 is 31.6 Å². The lowest BCUT2D eigenvalue weighted by atomic mass is 10.2. The molecule has 3 N–H and O–H groups in total. The highest BCUT2D eigenvalue weighted by Gasteiger charge is 2.26. The molecule has 5 nitrogen and oxygen atoms in total. The number of sulfonamides is 1. The fraction of sp³-hybridized carbons (Fsp3) is 0.500. The van der Waals surface area contributed by atoms with Crippen molar-refractivity contribution in [3.05, 3.63) is 22.4 Å². The van der Waals surface area contributed by atoms with Crippen LogP contribution in [-0.4, -0.2) is 39.5 Å². The Hall–Kier alpha value is -0.700. The van der Waals surface area contributed by atoms with Gasteiger partial charge in [-0.15, -0.1) is 0 Å². The van der Waals surface area contributed by atoms with E-state index in [2.05, 4.69) is 25.6 Å². The standard InChI is InChI=1S/C12H17BrFN3O2S/c1-17-4-2-3-9(17)7-16-20(18,19)11-6-8(15)5-10(13)12(11)14/h5-6,9,16H,2-4,7,15H2,1H3. The van der Waals surface area contributed by atoms with Crippen LogP contribution in [0.2, 0.25) is 0 Å². The summed E-state index contributed by atoms with van der Waals surface area (Å²) in [6.45, 7) is 1.22. The first-order valence-electron chi connectivity index (χ1n) is 6.25. The van der Waals surface area contributed by atoms with Crippen molar-refractivity contribution in [3.63, 3.8) is 0 Å². The molecule has 1 fully saturated rings. The zero-order chi connectivity index (χ0) is 14.9. The Balaban J connectivity index is 2.18. The number of nitrogens with one attached hydrogen (secondary N) is 1. The third-order valence-electron chi connectivity index (χ3n) is 3.49. The average Bonchev–Trinajstić information content (AvgIpc) is 2.77. The summed E-state index contributed by atoms with van der Waals surface area (Å²) >= 11 is 2.96. The lowest BCUT2D eigenvalue weighted by Crippen LogP contribution is -2.38. The molecule has 0 bridgehead atoms. The second-order valence-corrected chi connectivity index (χ2v) is 7.53. The van der Waals surface area contributed by atoms with Gasteiger partial charge in [0.15, 0.2) is 5.82 Å². The maximum Gasteiger partial charge on any atom is 0.243 e. The summed E-state index contributed by atoms with van der Waals surface area (Å²) in [5.74, 6) is -0.827. The Kier molecular flexibility index (Phi) is 4.68. The lowest BCUT2D eigenvalue weighted by molar-refractivity contribution is 0.310. The minimum atomic E-state index is -3.91. The Morgan fingerprint density at radius 1 is 1.55 bits per heavy atom. The molecule has 2 rings (SSSR count). The highest BCUT2D eigenvalue weighted by molar-refractivity contribution is 9.10. The molecule has 0 radical (unpaired) electrons. The van der Waals surface area contributed by atoms with E-state index in [1.807, 2.05) is 7.05 Å². The molecule has 0 aliphatic carbocycles. The van der Waals surface area contributed by atoms with Gasteiger partial charge < -0.3 is 10.6 Å². The van der Waals surface area contributed by atoms with Crippen LogP contribution in [0.4, 0.5) is 10.1 Å². The van der Waals surface area contributed by atoms with Crippen molar-refractivity contribution in [1.82, 2.24) is 9.62 Å². The fourth-order valence-corrected chi connectivity index (χ4v) is 4.11. The van der Waals surface area contributed by atoms with E-state index in [-0.39, 0.29) is 22.7 Å². The topological polar surface area (TPSA) is 75.4 Å². The number of likely N-dealkylation sites (tertiary alicyclic amines) is 1. The zero-order valence-electron chi connectivity index (χ0n) is 11.1. The SMILES string of the molecule is CN1CCCC1CNS(=O)(=O)c1cc(N)cc(Br)c1F. The van der Waals surface area contributed by atoms with E-state index < -0.39 is 20.7 Å². The minimum absolute atomic E-state index is 0.0378. The molecule has 1 aliphatic rings. The van der Waals surface area contributed by atoms with Gasteiger partial charge in [-0.3, -0.25) is 0 Å². The molecule has 0 saturated carbocycles. The monoisotopic (exact) mass is 365 g/mol. The van der Waals surface area contributed by atoms with E-state index in [4.69, 9.17) is 5.73 Å². The Morgan fingerprint density at radius 3 is 2.85 bits per heavy atom. The highest BCUT2D eigenvalue weighted by Crippen LogP contribution is 2.26. The maximum atomic E-state index is 13.9. The molecule has 0 aromatic heterocycles. The number of hydrogen-bond acceptors (Lipinski definition) is 4. The molecule has 1 aromatic rings. The van der Waals surface area contributed by atoms with Gasteiger partial charge in [0.05, 0.1) is 4.47 Å². The number of anilines is 1. The molecule has 1 heterocycles. The first kappa shape index (κ1) is 15.7. The van der Waals surface area contributed by atoms with Gasteiger partial charge in [0.25, 0.3) is 0 Å². The van der Waals surface area contributed by atoms with E-state index in [0.29, 0.717) is 0 Å². The van der Waals surface area contributed by atoms with Gasteiger partial charge in [0, 0.05) is 18.3 Å². The zero-order valence-corrected chi connectivity index (χ0v) is 13.5. The molecule has 0 amide bonds. The van der Waals surface area contributed by atoms with Crippen LogP contribution in [0, 0.1) is 5.82 Å². The van der Waals surface area contributed by atoms with Crippen molar-refractivity contribution in [2.45, 2.75) is 23.8 Å². The van der Waals surface area contributed by atoms with Gasteiger partial charge in [-0.25, -0.2) is 17.5 Å². The Morgan fingerprint density at radius 2 is 2.25 bits per heavy atom. The number of benzene rings is 1. The number of nitrogen functional groups attached to an aromatic ring is 1. The number of likely N-dealkylation sites (N-methyl/N-ethyl adjacent to an activating group) is 1. The molecule has 1 atom stereocenters. The van der Waals surface area contributed by atoms with Gasteiger partial charge in [-0.05, 0) is 54.5 Å². The van der Waals surface area contributed by atoms with Crippen LogP contribution in [0.15, 0.2) is 21.5 Å². The van der Waals surface area contributed by atoms with Crippen molar-refractivity contribution in [2.75, 3.05) is 25.9 Å². The molecule has 1 unspecified atom stereocenters. The van der Waals surface area contributed by atoms with Crippen LogP contribution < -0.4 is 10.5 Å². The molecule has 1 aliphatic heterocycles. The normalized spacial score (nSPS) is 20.4. The molecule has 1 saturated heterocycles. The van der Waals surface area contributed by atoms with Crippen LogP contribution in [0.3, 0.4) is 0 Å². The van der Waals surface area contributed by atoms with Gasteiger partial charge in [-0.1, -0.05) is 0 Å². The van der Waals surface area contributed by atoms with Gasteiger partial charge in [-0.2, -0.15) is 0 Å². The predicted octanol–water partition coefficient (Wildman–Crippen LogP) is 1.54. The third kappa shape index (κ3) is 3.30. The van der Waals surface area contributed by atoms with Crippen molar-refractivity contribution < 1.29 is 12.8 Å². The molecule has 8 heteroatoms. The molecule has 112 valence electrons. The second kappa shape index (κ2) is 5.97. The fourth-order valence-electron chi connectivity index (χ4n) is 2.30. The number of rotatable bonds is 4. The smallest absolute Gasteiger partial charge is 0.243 e. The summed E-state index contributed by atoms with van der Waals surface area (Å²) in [7, 11) is -1.96. The van der Waals surface area contributed by atoms with E-state index in [0.717, 1.165) is 25.5 Å². The number of halogens is 2. The maximum absolute atomic E-state index is 13.9. The minimum Gasteiger partial charge on any atom is -0.399 e. The third-order valence-corrected chi connectivity index (χ3v) is 5.49. The van der Waals surface area contributed by atoms with E-state index in [1.54, 1.807) is 0 Å². The summed E-state index contributed by atoms with van der Waals surface area (Å²) in [6, 6.07) is 2.61. The number of nitrogens with zero attached hydrogens (tertiary/aromatic N) is 1. The molecule has 0 spiro atoms. The van der Waals surface area contributed by atoms with Crippen molar-refractivity contribution in [3.8, 4) is 0 Å². The summed E-state index contributed by atoms with van der Waals surface area (Å²) in [6.07, 6.45) is 1.98. The van der Waals surface area contributed by atoms with Crippen molar-refractivity contribution in [2.24, 2.45) is 0 Å². The van der Waals surface area contributed by atoms with Gasteiger partial charge >= 0.3 is 0 Å². The van der Waals surface area contributed by atoms with Crippen LogP contribution in [0.1, 0.15) is 12.8 Å². The van der Waals surface area contributed by atoms with Gasteiger partial charge in [0.1, 0.15) is 4.90 Å². The number of hydrogen-bond donors (Lipinski definition) is 2. The highest BCUT2D eigenvalue weighted by atomic mass is 79.9. The van der Waals surface area contributed by atoms with Crippen molar-refractivity contribution in [1.29, 1.82) is 0 Å². The molecule has 20 heavy (non-hydrogen) atoms. The van der Waals surface area contributed by atoms with Crippen LogP contribution in [0.25, 0.3) is 0 Å². The second-order valence-electron chi connectivity index (χ2n) is 4.94. The summed E-state index contributed by atoms with van der Waals surface area (Å²) in [5.41, 5.74) is 5.76. The van der Waals surface area contributed by atoms with Crippen LogP contribution in [-0.2, 0) is 10.0 Å². The average molecular weight is 366 g/mol. The lowest BCUT2D eigenvalue weighted by Gasteiger charge is -2.19. The summed E-state index contributed by atoms with van der Waals surface area (Å²) in [5, 5.41) is 0. The summed E-state index contributed by atoms with van der Waals surface area (Å²) < 4.78 is 40.8. The molecular weight excluding hydrogens is 349 g/mol. The molecular formula is C12H17BrFN3O2S. The Bertz CT molecular complexity index is 609. The summed E-state index contributed by atoms with van der Waals surface area (Å²) in [4.78, 5) is 1.67. The van der Waals surface area contributed by atoms with Crippen LogP contribution >= 0.6 is 15.9 Å². The Labute approximate surface area is 126 Å². The van der Waals surface area contributed by atoms with Gasteiger partial charge in [0.2, 0.25) is 10.0 Å².